The highest BCUT2D eigenvalue weighted by Crippen LogP contribution is 2.34. The van der Waals surface area contributed by atoms with Gasteiger partial charge in [-0.05, 0) is 42.9 Å². The summed E-state index contributed by atoms with van der Waals surface area (Å²) in [4.78, 5) is 24.3. The van der Waals surface area contributed by atoms with Crippen LogP contribution in [-0.2, 0) is 4.79 Å². The summed E-state index contributed by atoms with van der Waals surface area (Å²) in [5.41, 5.74) is 1.18. The average Bonchev–Trinajstić information content (AvgIpc) is 3.25. The molecule has 1 saturated carbocycles. The zero-order chi connectivity index (χ0) is 18.9. The van der Waals surface area contributed by atoms with E-state index in [0.717, 1.165) is 0 Å². The third-order valence-electron chi connectivity index (χ3n) is 5.21. The first-order chi connectivity index (χ1) is 13.2. The van der Waals surface area contributed by atoms with E-state index in [1.54, 1.807) is 12.1 Å². The summed E-state index contributed by atoms with van der Waals surface area (Å²) in [6.45, 7) is 0.451. The van der Waals surface area contributed by atoms with Crippen molar-refractivity contribution in [2.75, 3.05) is 6.54 Å². The highest BCUT2D eigenvalue weighted by atomic mass is 16.3. The predicted molar refractivity (Wildman–Crippen MR) is 104 cm³/mol. The minimum absolute atomic E-state index is 0.0432. The maximum atomic E-state index is 12.5. The molecule has 1 aliphatic rings. The lowest BCUT2D eigenvalue weighted by Gasteiger charge is -2.31. The number of hydrogen-bond donors (Lipinski definition) is 2. The Morgan fingerprint density at radius 3 is 2.52 bits per heavy atom. The van der Waals surface area contributed by atoms with Crippen LogP contribution in [0, 0.1) is 5.92 Å². The summed E-state index contributed by atoms with van der Waals surface area (Å²) in [5, 5.41) is 6.02. The van der Waals surface area contributed by atoms with Gasteiger partial charge in [0.1, 0.15) is 0 Å². The fourth-order valence-corrected chi connectivity index (χ4v) is 3.79. The lowest BCUT2D eigenvalue weighted by atomic mass is 9.81. The summed E-state index contributed by atoms with van der Waals surface area (Å²) >= 11 is 0. The van der Waals surface area contributed by atoms with Gasteiger partial charge in [-0.25, -0.2) is 0 Å². The lowest BCUT2D eigenvalue weighted by Crippen LogP contribution is -2.35. The molecule has 0 radical (unpaired) electrons. The van der Waals surface area contributed by atoms with Crippen LogP contribution in [0.4, 0.5) is 0 Å². The Morgan fingerprint density at radius 1 is 1.04 bits per heavy atom. The zero-order valence-corrected chi connectivity index (χ0v) is 15.7. The van der Waals surface area contributed by atoms with Crippen molar-refractivity contribution in [3.8, 4) is 0 Å². The second-order valence-corrected chi connectivity index (χ2v) is 7.19. The smallest absolute Gasteiger partial charge is 0.286 e. The third-order valence-corrected chi connectivity index (χ3v) is 5.21. The summed E-state index contributed by atoms with van der Waals surface area (Å²) in [5.74, 6) is 0.594. The SMILES string of the molecule is O=C(CCCNC(=O)c1ccco1)NC(c1ccccc1)C1CCCCC1. The van der Waals surface area contributed by atoms with Gasteiger partial charge in [0.05, 0.1) is 12.3 Å². The molecule has 3 rings (SSSR count). The van der Waals surface area contributed by atoms with Crippen molar-refractivity contribution in [3.05, 3.63) is 60.1 Å². The van der Waals surface area contributed by atoms with Gasteiger partial charge in [0.15, 0.2) is 5.76 Å². The Bertz CT molecular complexity index is 706. The highest BCUT2D eigenvalue weighted by Gasteiger charge is 2.26. The van der Waals surface area contributed by atoms with Crippen molar-refractivity contribution in [1.82, 2.24) is 10.6 Å². The molecule has 5 heteroatoms. The van der Waals surface area contributed by atoms with Crippen LogP contribution in [0.25, 0.3) is 0 Å². The molecule has 1 atom stereocenters. The molecule has 1 unspecified atom stereocenters. The molecule has 1 aromatic heterocycles. The van der Waals surface area contributed by atoms with E-state index >= 15 is 0 Å². The van der Waals surface area contributed by atoms with Gasteiger partial charge >= 0.3 is 0 Å². The summed E-state index contributed by atoms with van der Waals surface area (Å²) in [6.07, 6.45) is 8.57. The van der Waals surface area contributed by atoms with Crippen LogP contribution in [0.1, 0.15) is 67.1 Å². The molecule has 1 aromatic carbocycles. The number of furan rings is 1. The van der Waals surface area contributed by atoms with Crippen LogP contribution in [0.2, 0.25) is 0 Å². The topological polar surface area (TPSA) is 71.3 Å². The van der Waals surface area contributed by atoms with Crippen LogP contribution in [0.15, 0.2) is 53.1 Å². The molecule has 1 fully saturated rings. The van der Waals surface area contributed by atoms with Crippen molar-refractivity contribution in [1.29, 1.82) is 0 Å². The molecule has 1 aliphatic carbocycles. The number of hydrogen-bond acceptors (Lipinski definition) is 3. The maximum Gasteiger partial charge on any atom is 0.286 e. The normalized spacial score (nSPS) is 15.9. The van der Waals surface area contributed by atoms with Crippen molar-refractivity contribution in [2.24, 2.45) is 5.92 Å². The second kappa shape index (κ2) is 9.95. The van der Waals surface area contributed by atoms with E-state index in [2.05, 4.69) is 22.8 Å². The quantitative estimate of drug-likeness (QED) is 0.685. The Kier molecular flexibility index (Phi) is 7.08. The van der Waals surface area contributed by atoms with Crippen molar-refractivity contribution < 1.29 is 14.0 Å². The molecule has 2 amide bonds. The van der Waals surface area contributed by atoms with Crippen LogP contribution in [0.3, 0.4) is 0 Å². The molecule has 0 aliphatic heterocycles. The molecule has 1 heterocycles. The lowest BCUT2D eigenvalue weighted by molar-refractivity contribution is -0.122. The minimum atomic E-state index is -0.246. The molecule has 0 saturated heterocycles. The molecular formula is C22H28N2O3. The van der Waals surface area contributed by atoms with Gasteiger partial charge in [-0.1, -0.05) is 49.6 Å². The van der Waals surface area contributed by atoms with Crippen LogP contribution in [0.5, 0.6) is 0 Å². The molecule has 5 nitrogen and oxygen atoms in total. The Hall–Kier alpha value is -2.56. The Balaban J connectivity index is 1.48. The van der Waals surface area contributed by atoms with E-state index in [9.17, 15) is 9.59 Å². The van der Waals surface area contributed by atoms with E-state index in [4.69, 9.17) is 4.42 Å². The van der Waals surface area contributed by atoms with E-state index in [0.29, 0.717) is 31.1 Å². The third kappa shape index (κ3) is 5.71. The standard InChI is InChI=1S/C22H28N2O3/c25-20(14-7-15-23-22(26)19-13-8-16-27-19)24-21(17-9-3-1-4-10-17)18-11-5-2-6-12-18/h1,3-4,8-10,13,16,18,21H,2,5-7,11-12,14-15H2,(H,23,26)(H,24,25). The molecule has 144 valence electrons. The van der Waals surface area contributed by atoms with Gasteiger partial charge < -0.3 is 15.1 Å². The van der Waals surface area contributed by atoms with Crippen molar-refractivity contribution in [3.63, 3.8) is 0 Å². The number of carbonyl (C=O) groups is 2. The van der Waals surface area contributed by atoms with Crippen LogP contribution in [-0.4, -0.2) is 18.4 Å². The van der Waals surface area contributed by atoms with Gasteiger partial charge in [0.25, 0.3) is 5.91 Å². The Labute approximate surface area is 160 Å². The fraction of sp³-hybridized carbons (Fsp3) is 0.455. The number of carbonyl (C=O) groups excluding carboxylic acids is 2. The monoisotopic (exact) mass is 368 g/mol. The first kappa shape index (κ1) is 19.2. The first-order valence-corrected chi connectivity index (χ1v) is 9.90. The summed E-state index contributed by atoms with van der Waals surface area (Å²) in [6, 6.07) is 13.6. The molecule has 27 heavy (non-hydrogen) atoms. The molecule has 2 N–H and O–H groups in total. The largest absolute Gasteiger partial charge is 0.459 e. The first-order valence-electron chi connectivity index (χ1n) is 9.90. The van der Waals surface area contributed by atoms with E-state index < -0.39 is 0 Å². The van der Waals surface area contributed by atoms with Crippen LogP contribution < -0.4 is 10.6 Å². The van der Waals surface area contributed by atoms with Gasteiger partial charge in [0, 0.05) is 13.0 Å². The van der Waals surface area contributed by atoms with Gasteiger partial charge in [-0.3, -0.25) is 9.59 Å². The molecule has 0 spiro atoms. The zero-order valence-electron chi connectivity index (χ0n) is 15.7. The van der Waals surface area contributed by atoms with Gasteiger partial charge in [-0.2, -0.15) is 0 Å². The number of rotatable bonds is 8. The van der Waals surface area contributed by atoms with Crippen molar-refractivity contribution in [2.45, 2.75) is 51.0 Å². The number of amides is 2. The second-order valence-electron chi connectivity index (χ2n) is 7.19. The minimum Gasteiger partial charge on any atom is -0.459 e. The highest BCUT2D eigenvalue weighted by molar-refractivity contribution is 5.91. The average molecular weight is 368 g/mol. The maximum absolute atomic E-state index is 12.5. The van der Waals surface area contributed by atoms with Gasteiger partial charge in [-0.15, -0.1) is 0 Å². The molecule has 2 aromatic rings. The number of benzene rings is 1. The Morgan fingerprint density at radius 2 is 1.81 bits per heavy atom. The fourth-order valence-electron chi connectivity index (χ4n) is 3.79. The molecule has 0 bridgehead atoms. The summed E-state index contributed by atoms with van der Waals surface area (Å²) in [7, 11) is 0. The predicted octanol–water partition coefficient (Wildman–Crippen LogP) is 4.23. The van der Waals surface area contributed by atoms with E-state index in [1.165, 1.54) is 43.9 Å². The number of nitrogens with one attached hydrogen (secondary N) is 2. The van der Waals surface area contributed by atoms with Crippen LogP contribution >= 0.6 is 0 Å². The van der Waals surface area contributed by atoms with Gasteiger partial charge in [0.2, 0.25) is 5.91 Å². The van der Waals surface area contributed by atoms with E-state index in [-0.39, 0.29) is 17.9 Å². The van der Waals surface area contributed by atoms with Crippen molar-refractivity contribution >= 4 is 11.8 Å². The molecular weight excluding hydrogens is 340 g/mol. The van der Waals surface area contributed by atoms with E-state index in [1.807, 2.05) is 18.2 Å². The summed E-state index contributed by atoms with van der Waals surface area (Å²) < 4.78 is 5.05.